The molecule has 0 amide bonds. The number of anilines is 1. The zero-order valence-corrected chi connectivity index (χ0v) is 7.30. The van der Waals surface area contributed by atoms with Crippen LogP contribution in [-0.4, -0.2) is 23.8 Å². The molecule has 0 aliphatic carbocycles. The van der Waals surface area contributed by atoms with Gasteiger partial charge >= 0.3 is 0 Å². The predicted molar refractivity (Wildman–Crippen MR) is 47.7 cm³/mol. The highest BCUT2D eigenvalue weighted by atomic mass is 35.5. The minimum Gasteiger partial charge on any atom is -0.481 e. The van der Waals surface area contributed by atoms with E-state index in [9.17, 15) is 0 Å². The number of hydrogen-bond acceptors (Lipinski definition) is 3. The Morgan fingerprint density at radius 2 is 2.50 bits per heavy atom. The maximum Gasteiger partial charge on any atom is 0.221 e. The van der Waals surface area contributed by atoms with E-state index in [1.165, 1.54) is 4.09 Å². The van der Waals surface area contributed by atoms with E-state index >= 15 is 0 Å². The first-order valence-electron chi connectivity index (χ1n) is 3.52. The van der Waals surface area contributed by atoms with E-state index < -0.39 is 0 Å². The van der Waals surface area contributed by atoms with Gasteiger partial charge in [-0.25, -0.2) is 4.99 Å². The second-order valence-corrected chi connectivity index (χ2v) is 2.82. The predicted octanol–water partition coefficient (Wildman–Crippen LogP) is 1.27. The Morgan fingerprint density at radius 1 is 1.67 bits per heavy atom. The second kappa shape index (κ2) is 2.71. The molecule has 0 unspecified atom stereocenters. The molecule has 0 radical (unpaired) electrons. The van der Waals surface area contributed by atoms with Gasteiger partial charge < -0.3 is 10.1 Å². The van der Waals surface area contributed by atoms with Crippen LogP contribution in [0.3, 0.4) is 0 Å². The third-order valence-electron chi connectivity index (χ3n) is 1.71. The maximum atomic E-state index is 5.74. The maximum absolute atomic E-state index is 5.74. The molecule has 1 N–H and O–H groups in total. The number of halogens is 1. The summed E-state index contributed by atoms with van der Waals surface area (Å²) in [4.78, 5) is 4.11. The SMILES string of the molecule is COC1=NCNc2cn(Cl)cc21. The molecule has 5 heteroatoms. The normalized spacial score (nSPS) is 14.7. The van der Waals surface area contributed by atoms with Crippen LogP contribution in [0.25, 0.3) is 0 Å². The first-order valence-corrected chi connectivity index (χ1v) is 3.86. The molecular formula is C7H8ClN3O. The Morgan fingerprint density at radius 3 is 3.25 bits per heavy atom. The van der Waals surface area contributed by atoms with Gasteiger partial charge in [0.25, 0.3) is 0 Å². The molecule has 2 heterocycles. The molecule has 1 aliphatic heterocycles. The second-order valence-electron chi connectivity index (χ2n) is 2.43. The van der Waals surface area contributed by atoms with Gasteiger partial charge in [-0.1, -0.05) is 0 Å². The summed E-state index contributed by atoms with van der Waals surface area (Å²) in [6.07, 6.45) is 3.54. The van der Waals surface area contributed by atoms with Crippen molar-refractivity contribution >= 4 is 23.4 Å². The number of rotatable bonds is 0. The van der Waals surface area contributed by atoms with Crippen LogP contribution in [0.1, 0.15) is 5.56 Å². The summed E-state index contributed by atoms with van der Waals surface area (Å²) in [7, 11) is 1.60. The van der Waals surface area contributed by atoms with Crippen molar-refractivity contribution < 1.29 is 4.74 Å². The van der Waals surface area contributed by atoms with Crippen molar-refractivity contribution in [1.82, 2.24) is 4.09 Å². The first-order chi connectivity index (χ1) is 5.81. The first kappa shape index (κ1) is 7.49. The number of fused-ring (bicyclic) bond motifs is 1. The Labute approximate surface area is 74.9 Å². The molecule has 2 rings (SSSR count). The van der Waals surface area contributed by atoms with Gasteiger partial charge in [-0.3, -0.25) is 4.09 Å². The molecule has 64 valence electrons. The zero-order chi connectivity index (χ0) is 8.55. The summed E-state index contributed by atoms with van der Waals surface area (Å²) < 4.78 is 6.52. The van der Waals surface area contributed by atoms with E-state index in [1.807, 2.05) is 0 Å². The van der Waals surface area contributed by atoms with Crippen LogP contribution in [-0.2, 0) is 4.74 Å². The lowest BCUT2D eigenvalue weighted by Gasteiger charge is -2.12. The monoisotopic (exact) mass is 185 g/mol. The van der Waals surface area contributed by atoms with E-state index in [0.717, 1.165) is 11.3 Å². The van der Waals surface area contributed by atoms with E-state index in [1.54, 1.807) is 19.5 Å². The Balaban J connectivity index is 2.47. The number of hydrogen-bond donors (Lipinski definition) is 1. The summed E-state index contributed by atoms with van der Waals surface area (Å²) >= 11 is 5.74. The molecule has 1 aromatic heterocycles. The molecule has 0 saturated heterocycles. The van der Waals surface area contributed by atoms with Gasteiger partial charge in [-0.05, 0) is 0 Å². The molecule has 0 aromatic carbocycles. The number of nitrogens with zero attached hydrogens (tertiary/aromatic N) is 2. The Hall–Kier alpha value is -1.16. The van der Waals surface area contributed by atoms with Crippen LogP contribution in [0.15, 0.2) is 17.4 Å². The van der Waals surface area contributed by atoms with Crippen molar-refractivity contribution in [3.05, 3.63) is 18.0 Å². The summed E-state index contributed by atoms with van der Waals surface area (Å²) in [6, 6.07) is 0. The molecular weight excluding hydrogens is 178 g/mol. The van der Waals surface area contributed by atoms with Crippen LogP contribution >= 0.6 is 11.8 Å². The van der Waals surface area contributed by atoms with Crippen molar-refractivity contribution in [2.45, 2.75) is 0 Å². The number of nitrogens with one attached hydrogen (secondary N) is 1. The van der Waals surface area contributed by atoms with Gasteiger partial charge in [0.1, 0.15) is 6.67 Å². The largest absolute Gasteiger partial charge is 0.481 e. The van der Waals surface area contributed by atoms with E-state index in [2.05, 4.69) is 10.3 Å². The lowest BCUT2D eigenvalue weighted by molar-refractivity contribution is 0.402. The van der Waals surface area contributed by atoms with Gasteiger partial charge in [-0.15, -0.1) is 0 Å². The number of aromatic nitrogens is 1. The number of aliphatic imine (C=N–C) groups is 1. The fourth-order valence-electron chi connectivity index (χ4n) is 1.19. The molecule has 1 aliphatic rings. The third kappa shape index (κ3) is 1.04. The van der Waals surface area contributed by atoms with E-state index in [-0.39, 0.29) is 0 Å². The minimum absolute atomic E-state index is 0.539. The fourth-order valence-corrected chi connectivity index (χ4v) is 1.39. The van der Waals surface area contributed by atoms with Crippen LogP contribution in [0.2, 0.25) is 0 Å². The average Bonchev–Trinajstić information content (AvgIpc) is 2.44. The Bertz CT molecular complexity index is 331. The van der Waals surface area contributed by atoms with Crippen LogP contribution in [0, 0.1) is 0 Å². The van der Waals surface area contributed by atoms with Crippen LogP contribution < -0.4 is 5.32 Å². The third-order valence-corrected chi connectivity index (χ3v) is 1.91. The van der Waals surface area contributed by atoms with Crippen molar-refractivity contribution in [1.29, 1.82) is 0 Å². The van der Waals surface area contributed by atoms with Crippen molar-refractivity contribution in [3.63, 3.8) is 0 Å². The van der Waals surface area contributed by atoms with E-state index in [0.29, 0.717) is 12.6 Å². The van der Waals surface area contributed by atoms with Crippen LogP contribution in [0.5, 0.6) is 0 Å². The number of ether oxygens (including phenoxy) is 1. The lowest BCUT2D eigenvalue weighted by atomic mass is 10.2. The molecule has 4 nitrogen and oxygen atoms in total. The highest BCUT2D eigenvalue weighted by Gasteiger charge is 2.15. The van der Waals surface area contributed by atoms with Crippen LogP contribution in [0.4, 0.5) is 5.69 Å². The topological polar surface area (TPSA) is 38.5 Å². The fraction of sp³-hybridized carbons (Fsp3) is 0.286. The quantitative estimate of drug-likeness (QED) is 0.661. The molecule has 0 spiro atoms. The average molecular weight is 186 g/mol. The summed E-state index contributed by atoms with van der Waals surface area (Å²) in [5, 5.41) is 3.07. The summed E-state index contributed by atoms with van der Waals surface area (Å²) in [5.41, 5.74) is 1.86. The van der Waals surface area contributed by atoms with Crippen molar-refractivity contribution in [2.75, 3.05) is 19.1 Å². The summed E-state index contributed by atoms with van der Waals surface area (Å²) in [5.74, 6) is 0.628. The molecule has 0 bridgehead atoms. The minimum atomic E-state index is 0.539. The van der Waals surface area contributed by atoms with Gasteiger partial charge in [0.15, 0.2) is 0 Å². The van der Waals surface area contributed by atoms with Gasteiger partial charge in [0.2, 0.25) is 5.90 Å². The Kier molecular flexibility index (Phi) is 1.69. The number of methoxy groups -OCH3 is 1. The molecule has 0 atom stereocenters. The van der Waals surface area contributed by atoms with Crippen molar-refractivity contribution in [2.24, 2.45) is 4.99 Å². The molecule has 1 aromatic rings. The van der Waals surface area contributed by atoms with Gasteiger partial charge in [0, 0.05) is 24.2 Å². The highest BCUT2D eigenvalue weighted by molar-refractivity contribution is 6.16. The molecule has 12 heavy (non-hydrogen) atoms. The molecule has 0 fully saturated rings. The van der Waals surface area contributed by atoms with E-state index in [4.69, 9.17) is 16.5 Å². The molecule has 0 saturated carbocycles. The van der Waals surface area contributed by atoms with Crippen molar-refractivity contribution in [3.8, 4) is 0 Å². The highest BCUT2D eigenvalue weighted by Crippen LogP contribution is 2.21. The van der Waals surface area contributed by atoms with Gasteiger partial charge in [-0.2, -0.15) is 0 Å². The summed E-state index contributed by atoms with van der Waals surface area (Å²) in [6.45, 7) is 0.539. The zero-order valence-electron chi connectivity index (χ0n) is 6.54. The van der Waals surface area contributed by atoms with Gasteiger partial charge in [0.05, 0.1) is 18.4 Å². The lowest BCUT2D eigenvalue weighted by Crippen LogP contribution is -2.14. The smallest absolute Gasteiger partial charge is 0.221 e. The standard InChI is InChI=1S/C7H8ClN3O/c1-12-7-5-2-11(8)3-6(5)9-4-10-7/h2-3,9H,4H2,1H3.